The van der Waals surface area contributed by atoms with E-state index in [-0.39, 0.29) is 18.7 Å². The molecule has 2 aromatic heterocycles. The minimum Gasteiger partial charge on any atom is -0.452 e. The van der Waals surface area contributed by atoms with Gasteiger partial charge in [0.1, 0.15) is 11.8 Å². The molecule has 29 heavy (non-hydrogen) atoms. The second-order valence-corrected chi connectivity index (χ2v) is 8.43. The van der Waals surface area contributed by atoms with Crippen LogP contribution in [0.3, 0.4) is 0 Å². The third-order valence-corrected chi connectivity index (χ3v) is 6.17. The molecule has 7 heteroatoms. The zero-order valence-corrected chi connectivity index (χ0v) is 17.7. The smallest absolute Gasteiger partial charge is 0.170 e. The highest BCUT2D eigenvalue weighted by molar-refractivity contribution is 7.99. The van der Waals surface area contributed by atoms with Crippen molar-refractivity contribution in [3.63, 3.8) is 0 Å². The number of nitrogens with zero attached hydrogens (tertiary/aromatic N) is 2. The van der Waals surface area contributed by atoms with Gasteiger partial charge >= 0.3 is 0 Å². The summed E-state index contributed by atoms with van der Waals surface area (Å²) < 4.78 is 6.24. The highest BCUT2D eigenvalue weighted by Crippen LogP contribution is 2.41. The molecule has 1 aliphatic rings. The molecule has 4 rings (SSSR count). The highest BCUT2D eigenvalue weighted by Gasteiger charge is 2.41. The first-order valence-corrected chi connectivity index (χ1v) is 10.8. The van der Waals surface area contributed by atoms with Gasteiger partial charge < -0.3 is 19.7 Å². The SMILES string of the molecule is Cc1ccc(Sc2ccc([C@H]3[C@H](c4ccccn4)NC(=S)N3CCCO)o2)cc1. The van der Waals surface area contributed by atoms with Crippen LogP contribution in [0.15, 0.2) is 75.2 Å². The molecule has 5 nitrogen and oxygen atoms in total. The van der Waals surface area contributed by atoms with Crippen molar-refractivity contribution >= 4 is 29.1 Å². The van der Waals surface area contributed by atoms with E-state index in [9.17, 15) is 5.11 Å². The van der Waals surface area contributed by atoms with Gasteiger partial charge in [0.25, 0.3) is 0 Å². The van der Waals surface area contributed by atoms with Crippen molar-refractivity contribution < 1.29 is 9.52 Å². The van der Waals surface area contributed by atoms with Gasteiger partial charge in [0.05, 0.1) is 11.7 Å². The third kappa shape index (κ3) is 4.47. The molecular formula is C22H23N3O2S2. The van der Waals surface area contributed by atoms with Gasteiger partial charge in [-0.1, -0.05) is 35.5 Å². The summed E-state index contributed by atoms with van der Waals surface area (Å²) in [6.45, 7) is 2.85. The Morgan fingerprint density at radius 2 is 2.00 bits per heavy atom. The standard InChI is InChI=1S/C22H23N3O2S2/c1-15-6-8-16(9-7-15)29-19-11-10-18(27-19)21-20(17-5-2-3-12-23-17)24-22(28)25(21)13-4-14-26/h2-3,5-12,20-21,26H,4,13-14H2,1H3,(H,24,28)/t20-,21-/m0/s1. The molecule has 1 saturated heterocycles. The van der Waals surface area contributed by atoms with Gasteiger partial charge in [-0.05, 0) is 62.0 Å². The normalized spacial score (nSPS) is 18.8. The van der Waals surface area contributed by atoms with Crippen LogP contribution >= 0.6 is 24.0 Å². The Labute approximate surface area is 180 Å². The van der Waals surface area contributed by atoms with Gasteiger partial charge in [-0.15, -0.1) is 0 Å². The monoisotopic (exact) mass is 425 g/mol. The number of thiocarbonyl (C=S) groups is 1. The number of hydrogen-bond donors (Lipinski definition) is 2. The Morgan fingerprint density at radius 1 is 1.17 bits per heavy atom. The maximum absolute atomic E-state index is 9.31. The van der Waals surface area contributed by atoms with Crippen LogP contribution in [0, 0.1) is 6.92 Å². The van der Waals surface area contributed by atoms with Gasteiger partial charge in [0.2, 0.25) is 0 Å². The summed E-state index contributed by atoms with van der Waals surface area (Å²) >= 11 is 7.19. The number of benzene rings is 1. The van der Waals surface area contributed by atoms with Crippen LogP contribution in [0.1, 0.15) is 35.5 Å². The van der Waals surface area contributed by atoms with Crippen LogP contribution in [-0.4, -0.2) is 33.3 Å². The molecule has 150 valence electrons. The minimum atomic E-state index is -0.115. The Balaban J connectivity index is 1.62. The van der Waals surface area contributed by atoms with E-state index < -0.39 is 0 Å². The minimum absolute atomic E-state index is 0.106. The first-order chi connectivity index (χ1) is 14.2. The predicted molar refractivity (Wildman–Crippen MR) is 118 cm³/mol. The molecule has 0 saturated carbocycles. The number of pyridine rings is 1. The van der Waals surface area contributed by atoms with Crippen LogP contribution in [0.5, 0.6) is 0 Å². The van der Waals surface area contributed by atoms with Crippen molar-refractivity contribution in [1.29, 1.82) is 0 Å². The maximum atomic E-state index is 9.31. The lowest BCUT2D eigenvalue weighted by molar-refractivity contribution is 0.226. The molecule has 2 atom stereocenters. The van der Waals surface area contributed by atoms with Gasteiger partial charge in [-0.2, -0.15) is 0 Å². The number of furan rings is 1. The maximum Gasteiger partial charge on any atom is 0.170 e. The average molecular weight is 426 g/mol. The molecule has 2 N–H and O–H groups in total. The van der Waals surface area contributed by atoms with E-state index in [1.807, 2.05) is 30.3 Å². The molecule has 1 aliphatic heterocycles. The molecule has 0 unspecified atom stereocenters. The van der Waals surface area contributed by atoms with E-state index in [1.165, 1.54) is 5.56 Å². The summed E-state index contributed by atoms with van der Waals surface area (Å²) in [7, 11) is 0. The summed E-state index contributed by atoms with van der Waals surface area (Å²) in [5, 5.41) is 14.2. The van der Waals surface area contributed by atoms with E-state index >= 15 is 0 Å². The van der Waals surface area contributed by atoms with Crippen molar-refractivity contribution in [2.75, 3.05) is 13.2 Å². The fourth-order valence-corrected chi connectivity index (χ4v) is 4.58. The van der Waals surface area contributed by atoms with Crippen LogP contribution in [0.2, 0.25) is 0 Å². The van der Waals surface area contributed by atoms with Crippen molar-refractivity contribution in [2.45, 2.75) is 35.4 Å². The Morgan fingerprint density at radius 3 is 2.72 bits per heavy atom. The summed E-state index contributed by atoms with van der Waals surface area (Å²) in [5.74, 6) is 0.834. The molecule has 3 aromatic rings. The van der Waals surface area contributed by atoms with Gasteiger partial charge in [-0.3, -0.25) is 4.98 Å². The predicted octanol–water partition coefficient (Wildman–Crippen LogP) is 4.49. The lowest BCUT2D eigenvalue weighted by atomic mass is 10.0. The lowest BCUT2D eigenvalue weighted by Gasteiger charge is -2.25. The number of hydrogen-bond acceptors (Lipinski definition) is 5. The fourth-order valence-electron chi connectivity index (χ4n) is 3.47. The van der Waals surface area contributed by atoms with Crippen LogP contribution in [0.25, 0.3) is 0 Å². The summed E-state index contributed by atoms with van der Waals surface area (Å²) in [6, 6.07) is 18.0. The molecule has 1 fully saturated rings. The Bertz CT molecular complexity index is 960. The van der Waals surface area contributed by atoms with Crippen molar-refractivity contribution in [2.24, 2.45) is 0 Å². The van der Waals surface area contributed by atoms with Crippen molar-refractivity contribution in [3.05, 3.63) is 77.8 Å². The van der Waals surface area contributed by atoms with E-state index in [0.717, 1.165) is 21.4 Å². The number of rotatable bonds is 7. The largest absolute Gasteiger partial charge is 0.452 e. The van der Waals surface area contributed by atoms with Crippen LogP contribution < -0.4 is 5.32 Å². The second-order valence-electron chi connectivity index (χ2n) is 6.97. The topological polar surface area (TPSA) is 61.5 Å². The highest BCUT2D eigenvalue weighted by atomic mass is 32.2. The van der Waals surface area contributed by atoms with Crippen LogP contribution in [0.4, 0.5) is 0 Å². The Hall–Kier alpha value is -2.35. The Kier molecular flexibility index (Phi) is 6.18. The molecule has 1 aromatic carbocycles. The number of aliphatic hydroxyl groups excluding tert-OH is 1. The number of nitrogens with one attached hydrogen (secondary N) is 1. The number of aliphatic hydroxyl groups is 1. The summed E-state index contributed by atoms with van der Waals surface area (Å²) in [4.78, 5) is 7.74. The average Bonchev–Trinajstić information content (AvgIpc) is 3.32. The molecular weight excluding hydrogens is 402 g/mol. The van der Waals surface area contributed by atoms with Crippen LogP contribution in [-0.2, 0) is 0 Å². The molecule has 3 heterocycles. The molecule has 0 radical (unpaired) electrons. The number of aryl methyl sites for hydroxylation is 1. The van der Waals surface area contributed by atoms with Gasteiger partial charge in [-0.25, -0.2) is 0 Å². The first kappa shape index (κ1) is 19.9. The fraction of sp³-hybridized carbons (Fsp3) is 0.273. The second kappa shape index (κ2) is 8.98. The molecule has 0 bridgehead atoms. The summed E-state index contributed by atoms with van der Waals surface area (Å²) in [6.07, 6.45) is 2.42. The van der Waals surface area contributed by atoms with E-state index in [2.05, 4.69) is 46.4 Å². The van der Waals surface area contributed by atoms with E-state index in [4.69, 9.17) is 16.6 Å². The molecule has 0 amide bonds. The van der Waals surface area contributed by atoms with Gasteiger partial charge in [0.15, 0.2) is 10.2 Å². The zero-order chi connectivity index (χ0) is 20.2. The first-order valence-electron chi connectivity index (χ1n) is 9.59. The lowest BCUT2D eigenvalue weighted by Crippen LogP contribution is -2.30. The third-order valence-electron chi connectivity index (χ3n) is 4.89. The van der Waals surface area contributed by atoms with Crippen molar-refractivity contribution in [3.8, 4) is 0 Å². The number of aromatic nitrogens is 1. The molecule has 0 spiro atoms. The summed E-state index contributed by atoms with van der Waals surface area (Å²) in [5.41, 5.74) is 2.15. The zero-order valence-electron chi connectivity index (χ0n) is 16.1. The van der Waals surface area contributed by atoms with Crippen molar-refractivity contribution in [1.82, 2.24) is 15.2 Å². The van der Waals surface area contributed by atoms with E-state index in [1.54, 1.807) is 18.0 Å². The van der Waals surface area contributed by atoms with E-state index in [0.29, 0.717) is 18.1 Å². The quantitative estimate of drug-likeness (QED) is 0.541. The van der Waals surface area contributed by atoms with Gasteiger partial charge in [0, 0.05) is 24.2 Å². The molecule has 0 aliphatic carbocycles.